The predicted octanol–water partition coefficient (Wildman–Crippen LogP) is 3.36. The number of halogens is 2. The van der Waals surface area contributed by atoms with E-state index < -0.39 is 17.5 Å². The Hall–Kier alpha value is -3.07. The Balaban J connectivity index is 1.67. The van der Waals surface area contributed by atoms with Crippen LogP contribution in [0.4, 0.5) is 8.78 Å². The van der Waals surface area contributed by atoms with E-state index in [1.807, 2.05) is 11.6 Å². The Morgan fingerprint density at radius 1 is 1.33 bits per heavy atom. The zero-order valence-corrected chi connectivity index (χ0v) is 16.8. The Labute approximate surface area is 172 Å². The van der Waals surface area contributed by atoms with Crippen molar-refractivity contribution in [2.75, 3.05) is 19.8 Å². The maximum atomic E-state index is 14.1. The number of fused-ring (bicyclic) bond motifs is 1. The lowest BCUT2D eigenvalue weighted by Crippen LogP contribution is -2.37. The highest BCUT2D eigenvalue weighted by Gasteiger charge is 2.31. The van der Waals surface area contributed by atoms with Crippen LogP contribution in [0.2, 0.25) is 0 Å². The number of oxazole rings is 1. The van der Waals surface area contributed by atoms with Gasteiger partial charge in [0.15, 0.2) is 5.69 Å². The zero-order chi connectivity index (χ0) is 21.3. The second kappa shape index (κ2) is 8.35. The molecular formula is C21H22F2N4O3. The van der Waals surface area contributed by atoms with Crippen molar-refractivity contribution >= 4 is 5.91 Å². The molecule has 0 saturated carbocycles. The van der Waals surface area contributed by atoms with E-state index in [9.17, 15) is 13.6 Å². The van der Waals surface area contributed by atoms with Crippen LogP contribution in [0.5, 0.6) is 0 Å². The molecule has 0 radical (unpaired) electrons. The van der Waals surface area contributed by atoms with Crippen molar-refractivity contribution in [3.8, 4) is 11.6 Å². The molecule has 0 N–H and O–H groups in total. The molecule has 158 valence electrons. The summed E-state index contributed by atoms with van der Waals surface area (Å²) in [7, 11) is 0. The maximum absolute atomic E-state index is 14.1. The number of benzene rings is 1. The maximum Gasteiger partial charge on any atom is 0.257 e. The van der Waals surface area contributed by atoms with E-state index in [2.05, 4.69) is 10.1 Å². The van der Waals surface area contributed by atoms with Crippen LogP contribution in [-0.4, -0.2) is 45.3 Å². The third-order valence-corrected chi connectivity index (χ3v) is 5.06. The smallest absolute Gasteiger partial charge is 0.257 e. The van der Waals surface area contributed by atoms with E-state index in [0.717, 1.165) is 29.5 Å². The molecule has 2 aromatic heterocycles. The minimum atomic E-state index is -0.747. The summed E-state index contributed by atoms with van der Waals surface area (Å²) in [5, 5.41) is 4.65. The first-order chi connectivity index (χ1) is 14.5. The molecule has 0 atom stereocenters. The molecule has 0 aliphatic carbocycles. The first-order valence-corrected chi connectivity index (χ1v) is 9.81. The highest BCUT2D eigenvalue weighted by Crippen LogP contribution is 2.31. The largest absolute Gasteiger partial charge is 0.440 e. The van der Waals surface area contributed by atoms with Crippen molar-refractivity contribution in [1.29, 1.82) is 0 Å². The van der Waals surface area contributed by atoms with Gasteiger partial charge in [-0.25, -0.2) is 13.8 Å². The molecule has 1 amide bonds. The van der Waals surface area contributed by atoms with Gasteiger partial charge in [0.05, 0.1) is 31.5 Å². The van der Waals surface area contributed by atoms with Crippen LogP contribution in [0, 0.1) is 18.6 Å². The van der Waals surface area contributed by atoms with Gasteiger partial charge in [0.1, 0.15) is 17.4 Å². The second-order valence-electron chi connectivity index (χ2n) is 7.07. The first kappa shape index (κ1) is 20.2. The number of aryl methyl sites for hydroxylation is 1. The topological polar surface area (TPSA) is 73.4 Å². The van der Waals surface area contributed by atoms with Crippen molar-refractivity contribution in [1.82, 2.24) is 19.7 Å². The number of aromatic nitrogens is 3. The standard InChI is InChI=1S/C21H22F2N4O3/c1-3-29-9-8-27-18-6-7-26(21(28)15-10-14(22)4-5-17(15)23)12-16(18)19(25-27)20-24-11-13(2)30-20/h4-5,10-11H,3,6-9,12H2,1-2H3. The molecule has 0 saturated heterocycles. The Bertz CT molecular complexity index is 1080. The fraction of sp³-hybridized carbons (Fsp3) is 0.381. The summed E-state index contributed by atoms with van der Waals surface area (Å²) in [4.78, 5) is 18.7. The van der Waals surface area contributed by atoms with Crippen LogP contribution in [-0.2, 0) is 24.2 Å². The fourth-order valence-corrected chi connectivity index (χ4v) is 3.61. The molecule has 30 heavy (non-hydrogen) atoms. The van der Waals surface area contributed by atoms with E-state index in [-0.39, 0.29) is 12.1 Å². The summed E-state index contributed by atoms with van der Waals surface area (Å²) < 4.78 is 40.7. The van der Waals surface area contributed by atoms with E-state index >= 15 is 0 Å². The molecule has 0 spiro atoms. The monoisotopic (exact) mass is 416 g/mol. The quantitative estimate of drug-likeness (QED) is 0.576. The lowest BCUT2D eigenvalue weighted by atomic mass is 10.0. The molecule has 0 bridgehead atoms. The molecule has 3 aromatic rings. The van der Waals surface area contributed by atoms with Gasteiger partial charge in [-0.15, -0.1) is 0 Å². The van der Waals surface area contributed by atoms with Gasteiger partial charge in [0.2, 0.25) is 5.89 Å². The number of carbonyl (C=O) groups excluding carboxylic acids is 1. The normalized spacial score (nSPS) is 13.5. The van der Waals surface area contributed by atoms with E-state index in [4.69, 9.17) is 9.15 Å². The fourth-order valence-electron chi connectivity index (χ4n) is 3.61. The molecule has 3 heterocycles. The van der Waals surface area contributed by atoms with Crippen molar-refractivity contribution < 1.29 is 22.7 Å². The summed E-state index contributed by atoms with van der Waals surface area (Å²) in [6.45, 7) is 5.96. The SMILES string of the molecule is CCOCCn1nc(-c2ncc(C)o2)c2c1CCN(C(=O)c1cc(F)ccc1F)C2. The summed E-state index contributed by atoms with van der Waals surface area (Å²) in [5.41, 5.74) is 2.02. The number of nitrogens with zero attached hydrogens (tertiary/aromatic N) is 4. The lowest BCUT2D eigenvalue weighted by Gasteiger charge is -2.28. The van der Waals surface area contributed by atoms with E-state index in [1.165, 1.54) is 4.90 Å². The number of amides is 1. The van der Waals surface area contributed by atoms with Gasteiger partial charge in [0, 0.05) is 30.8 Å². The van der Waals surface area contributed by atoms with Gasteiger partial charge >= 0.3 is 0 Å². The van der Waals surface area contributed by atoms with Gasteiger partial charge in [-0.2, -0.15) is 5.10 Å². The third kappa shape index (κ3) is 3.85. The predicted molar refractivity (Wildman–Crippen MR) is 104 cm³/mol. The van der Waals surface area contributed by atoms with Crippen LogP contribution >= 0.6 is 0 Å². The summed E-state index contributed by atoms with van der Waals surface area (Å²) in [6, 6.07) is 2.88. The number of ether oxygens (including phenoxy) is 1. The minimum absolute atomic E-state index is 0.204. The molecule has 7 nitrogen and oxygen atoms in total. The molecular weight excluding hydrogens is 394 g/mol. The molecule has 4 rings (SSSR count). The van der Waals surface area contributed by atoms with Crippen molar-refractivity contribution in [2.45, 2.75) is 33.4 Å². The summed E-state index contributed by atoms with van der Waals surface area (Å²) in [5.74, 6) is -0.951. The Morgan fingerprint density at radius 2 is 2.17 bits per heavy atom. The lowest BCUT2D eigenvalue weighted by molar-refractivity contribution is 0.0727. The van der Waals surface area contributed by atoms with Crippen molar-refractivity contribution in [3.05, 3.63) is 58.6 Å². The average molecular weight is 416 g/mol. The van der Waals surface area contributed by atoms with Gasteiger partial charge in [-0.05, 0) is 32.0 Å². The van der Waals surface area contributed by atoms with Crippen LogP contribution in [0.1, 0.15) is 34.3 Å². The second-order valence-corrected chi connectivity index (χ2v) is 7.07. The molecule has 1 aliphatic heterocycles. The number of rotatable bonds is 6. The van der Waals surface area contributed by atoms with E-state index in [0.29, 0.717) is 50.1 Å². The highest BCUT2D eigenvalue weighted by molar-refractivity contribution is 5.94. The van der Waals surface area contributed by atoms with Gasteiger partial charge in [0.25, 0.3) is 5.91 Å². The molecule has 1 aromatic carbocycles. The van der Waals surface area contributed by atoms with Crippen LogP contribution in [0.15, 0.2) is 28.8 Å². The molecule has 0 unspecified atom stereocenters. The average Bonchev–Trinajstić information content (AvgIpc) is 3.32. The Morgan fingerprint density at radius 3 is 2.90 bits per heavy atom. The molecule has 0 fully saturated rings. The first-order valence-electron chi connectivity index (χ1n) is 9.81. The molecule has 9 heteroatoms. The Kier molecular flexibility index (Phi) is 5.63. The number of hydrogen-bond acceptors (Lipinski definition) is 5. The minimum Gasteiger partial charge on any atom is -0.440 e. The number of hydrogen-bond donors (Lipinski definition) is 0. The summed E-state index contributed by atoms with van der Waals surface area (Å²) in [6.07, 6.45) is 2.13. The third-order valence-electron chi connectivity index (χ3n) is 5.06. The van der Waals surface area contributed by atoms with Crippen LogP contribution in [0.25, 0.3) is 11.6 Å². The van der Waals surface area contributed by atoms with Gasteiger partial charge < -0.3 is 14.1 Å². The molecule has 1 aliphatic rings. The zero-order valence-electron chi connectivity index (χ0n) is 16.8. The number of carbonyl (C=O) groups is 1. The van der Waals surface area contributed by atoms with Crippen LogP contribution in [0.3, 0.4) is 0 Å². The van der Waals surface area contributed by atoms with Gasteiger partial charge in [-0.1, -0.05) is 0 Å². The highest BCUT2D eigenvalue weighted by atomic mass is 19.1. The van der Waals surface area contributed by atoms with Crippen LogP contribution < -0.4 is 0 Å². The van der Waals surface area contributed by atoms with Crippen molar-refractivity contribution in [2.24, 2.45) is 0 Å². The summed E-state index contributed by atoms with van der Waals surface area (Å²) >= 11 is 0. The van der Waals surface area contributed by atoms with Crippen molar-refractivity contribution in [3.63, 3.8) is 0 Å². The van der Waals surface area contributed by atoms with Gasteiger partial charge in [-0.3, -0.25) is 9.48 Å². The van der Waals surface area contributed by atoms with E-state index in [1.54, 1.807) is 13.1 Å².